The molecule has 0 saturated heterocycles. The fraction of sp³-hybridized carbons (Fsp3) is 0.188. The quantitative estimate of drug-likeness (QED) is 0.724. The summed E-state index contributed by atoms with van der Waals surface area (Å²) in [7, 11) is 1.66. The molecule has 0 aliphatic heterocycles. The lowest BCUT2D eigenvalue weighted by atomic mass is 10.1. The van der Waals surface area contributed by atoms with Gasteiger partial charge in [-0.15, -0.1) is 0 Å². The van der Waals surface area contributed by atoms with E-state index >= 15 is 0 Å². The van der Waals surface area contributed by atoms with E-state index < -0.39 is 0 Å². The fourth-order valence-electron chi connectivity index (χ4n) is 2.06. The minimum absolute atomic E-state index is 0.371. The minimum Gasteiger partial charge on any atom is -0.497 e. The molecule has 3 rings (SSSR count). The predicted molar refractivity (Wildman–Crippen MR) is 76.1 cm³/mol. The molecule has 1 heterocycles. The Hall–Kier alpha value is -2.49. The van der Waals surface area contributed by atoms with Gasteiger partial charge in [-0.2, -0.15) is 0 Å². The van der Waals surface area contributed by atoms with E-state index in [9.17, 15) is 0 Å². The Morgan fingerprint density at radius 1 is 1.00 bits per heavy atom. The largest absolute Gasteiger partial charge is 0.497 e. The minimum atomic E-state index is 0.371. The van der Waals surface area contributed by atoms with Gasteiger partial charge in [0.05, 0.1) is 12.8 Å². The lowest BCUT2D eigenvalue weighted by Gasteiger charge is -2.06. The van der Waals surface area contributed by atoms with Crippen molar-refractivity contribution in [2.24, 2.45) is 0 Å². The Morgan fingerprint density at radius 3 is 2.45 bits per heavy atom. The van der Waals surface area contributed by atoms with Crippen LogP contribution in [0.25, 0.3) is 10.8 Å². The van der Waals surface area contributed by atoms with Gasteiger partial charge in [-0.05, 0) is 42.0 Å². The molecule has 1 aromatic heterocycles. The van der Waals surface area contributed by atoms with Crippen molar-refractivity contribution in [3.8, 4) is 11.5 Å². The first-order valence-electron chi connectivity index (χ1n) is 6.37. The van der Waals surface area contributed by atoms with E-state index in [4.69, 9.17) is 14.0 Å². The van der Waals surface area contributed by atoms with E-state index in [0.29, 0.717) is 12.4 Å². The van der Waals surface area contributed by atoms with E-state index in [2.05, 4.69) is 5.16 Å². The molecule has 0 N–H and O–H groups in total. The number of ether oxygens (including phenoxy) is 2. The molecule has 0 unspecified atom stereocenters. The number of hydrogen-bond acceptors (Lipinski definition) is 4. The summed E-state index contributed by atoms with van der Waals surface area (Å²) in [6.07, 6.45) is 0. The summed E-state index contributed by atoms with van der Waals surface area (Å²) in [5, 5.41) is 6.06. The molecule has 20 heavy (non-hydrogen) atoms. The molecule has 0 fully saturated rings. The third-order valence-electron chi connectivity index (χ3n) is 3.08. The Labute approximate surface area is 116 Å². The predicted octanol–water partition coefficient (Wildman–Crippen LogP) is 3.72. The highest BCUT2D eigenvalue weighted by Gasteiger charge is 2.03. The first-order valence-corrected chi connectivity index (χ1v) is 6.37. The van der Waals surface area contributed by atoms with Gasteiger partial charge in [-0.25, -0.2) is 0 Å². The number of nitrogens with zero attached hydrogens (tertiary/aromatic N) is 1. The highest BCUT2D eigenvalue weighted by atomic mass is 16.5. The lowest BCUT2D eigenvalue weighted by Crippen LogP contribution is -1.93. The molecular weight excluding hydrogens is 254 g/mol. The molecule has 0 amide bonds. The Bertz CT molecular complexity index is 733. The van der Waals surface area contributed by atoms with Crippen LogP contribution < -0.4 is 9.47 Å². The van der Waals surface area contributed by atoms with Crippen molar-refractivity contribution in [1.82, 2.24) is 5.16 Å². The molecular formula is C16H15NO3. The van der Waals surface area contributed by atoms with E-state index in [0.717, 1.165) is 28.0 Å². The maximum Gasteiger partial charge on any atom is 0.174 e. The molecule has 102 valence electrons. The van der Waals surface area contributed by atoms with Crippen LogP contribution in [0.4, 0.5) is 0 Å². The van der Waals surface area contributed by atoms with Crippen LogP contribution in [-0.2, 0) is 6.61 Å². The van der Waals surface area contributed by atoms with E-state index in [1.807, 2.05) is 49.4 Å². The third kappa shape index (κ3) is 2.59. The van der Waals surface area contributed by atoms with Crippen molar-refractivity contribution in [2.75, 3.05) is 7.11 Å². The van der Waals surface area contributed by atoms with Crippen molar-refractivity contribution in [2.45, 2.75) is 13.5 Å². The molecule has 0 radical (unpaired) electrons. The Kier molecular flexibility index (Phi) is 3.29. The zero-order valence-corrected chi connectivity index (χ0v) is 11.4. The van der Waals surface area contributed by atoms with Gasteiger partial charge in [0.25, 0.3) is 0 Å². The van der Waals surface area contributed by atoms with Gasteiger partial charge in [-0.1, -0.05) is 17.3 Å². The summed E-state index contributed by atoms with van der Waals surface area (Å²) in [5.41, 5.74) is 0.854. The van der Waals surface area contributed by atoms with Gasteiger partial charge in [0.2, 0.25) is 0 Å². The molecule has 3 aromatic rings. The summed E-state index contributed by atoms with van der Waals surface area (Å²) >= 11 is 0. The van der Waals surface area contributed by atoms with Crippen LogP contribution in [0.2, 0.25) is 0 Å². The highest BCUT2D eigenvalue weighted by molar-refractivity contribution is 5.85. The van der Waals surface area contributed by atoms with Crippen LogP contribution in [0.1, 0.15) is 11.5 Å². The number of fused-ring (bicyclic) bond motifs is 1. The van der Waals surface area contributed by atoms with Gasteiger partial charge < -0.3 is 14.0 Å². The number of methoxy groups -OCH3 is 1. The second kappa shape index (κ2) is 5.25. The monoisotopic (exact) mass is 269 g/mol. The SMILES string of the molecule is COc1ccc2ccc(OCc3cc(C)no3)cc2c1. The number of aromatic nitrogens is 1. The van der Waals surface area contributed by atoms with Crippen LogP contribution in [0, 0.1) is 6.92 Å². The molecule has 0 aliphatic carbocycles. The van der Waals surface area contributed by atoms with Crippen LogP contribution in [-0.4, -0.2) is 12.3 Å². The van der Waals surface area contributed by atoms with E-state index in [1.54, 1.807) is 7.11 Å². The molecule has 4 nitrogen and oxygen atoms in total. The summed E-state index contributed by atoms with van der Waals surface area (Å²) < 4.78 is 16.1. The van der Waals surface area contributed by atoms with E-state index in [-0.39, 0.29) is 0 Å². The molecule has 0 bridgehead atoms. The van der Waals surface area contributed by atoms with Crippen LogP contribution in [0.5, 0.6) is 11.5 Å². The van der Waals surface area contributed by atoms with E-state index in [1.165, 1.54) is 0 Å². The summed E-state index contributed by atoms with van der Waals surface area (Å²) in [5.74, 6) is 2.34. The van der Waals surface area contributed by atoms with Crippen LogP contribution in [0.3, 0.4) is 0 Å². The number of hydrogen-bond donors (Lipinski definition) is 0. The first kappa shape index (κ1) is 12.5. The van der Waals surface area contributed by atoms with Gasteiger partial charge in [-0.3, -0.25) is 0 Å². The molecule has 2 aromatic carbocycles. The second-order valence-electron chi connectivity index (χ2n) is 4.60. The van der Waals surface area contributed by atoms with Crippen LogP contribution >= 0.6 is 0 Å². The van der Waals surface area contributed by atoms with Gasteiger partial charge in [0.1, 0.15) is 18.1 Å². The zero-order chi connectivity index (χ0) is 13.9. The average molecular weight is 269 g/mol. The first-order chi connectivity index (χ1) is 9.74. The number of rotatable bonds is 4. The molecule has 4 heteroatoms. The molecule has 0 spiro atoms. The van der Waals surface area contributed by atoms with Gasteiger partial charge in [0, 0.05) is 6.07 Å². The summed E-state index contributed by atoms with van der Waals surface area (Å²) in [4.78, 5) is 0. The van der Waals surface area contributed by atoms with Crippen molar-refractivity contribution in [3.05, 3.63) is 53.9 Å². The molecule has 0 aliphatic rings. The molecule has 0 saturated carbocycles. The van der Waals surface area contributed by atoms with Crippen molar-refractivity contribution < 1.29 is 14.0 Å². The fourth-order valence-corrected chi connectivity index (χ4v) is 2.06. The highest BCUT2D eigenvalue weighted by Crippen LogP contribution is 2.25. The maximum absolute atomic E-state index is 5.71. The summed E-state index contributed by atoms with van der Waals surface area (Å²) in [6, 6.07) is 13.8. The third-order valence-corrected chi connectivity index (χ3v) is 3.08. The zero-order valence-electron chi connectivity index (χ0n) is 11.4. The topological polar surface area (TPSA) is 44.5 Å². The Balaban J connectivity index is 1.81. The van der Waals surface area contributed by atoms with Crippen LogP contribution in [0.15, 0.2) is 47.0 Å². The Morgan fingerprint density at radius 2 is 1.75 bits per heavy atom. The lowest BCUT2D eigenvalue weighted by molar-refractivity contribution is 0.249. The summed E-state index contributed by atoms with van der Waals surface area (Å²) in [6.45, 7) is 2.26. The van der Waals surface area contributed by atoms with Gasteiger partial charge >= 0.3 is 0 Å². The van der Waals surface area contributed by atoms with Crippen molar-refractivity contribution in [1.29, 1.82) is 0 Å². The number of aryl methyl sites for hydroxylation is 1. The van der Waals surface area contributed by atoms with Crippen molar-refractivity contribution in [3.63, 3.8) is 0 Å². The standard InChI is InChI=1S/C16H15NO3/c1-11-7-16(20-17-11)10-19-15-6-4-12-3-5-14(18-2)8-13(12)9-15/h3-9H,10H2,1-2H3. The normalized spacial score (nSPS) is 10.7. The van der Waals surface area contributed by atoms with Crippen molar-refractivity contribution >= 4 is 10.8 Å². The van der Waals surface area contributed by atoms with Gasteiger partial charge in [0.15, 0.2) is 5.76 Å². The maximum atomic E-state index is 5.71. The average Bonchev–Trinajstić information content (AvgIpc) is 2.90. The molecule has 0 atom stereocenters. The second-order valence-corrected chi connectivity index (χ2v) is 4.60. The smallest absolute Gasteiger partial charge is 0.174 e. The number of benzene rings is 2.